The quantitative estimate of drug-likeness (QED) is 0.839. The lowest BCUT2D eigenvalue weighted by Crippen LogP contribution is -2.50. The Bertz CT molecular complexity index is 590. The molecule has 2 fully saturated rings. The van der Waals surface area contributed by atoms with Gasteiger partial charge in [0, 0.05) is 32.7 Å². The Labute approximate surface area is 141 Å². The van der Waals surface area contributed by atoms with Gasteiger partial charge in [-0.05, 0) is 12.1 Å². The molecule has 0 aromatic heterocycles. The fourth-order valence-electron chi connectivity index (χ4n) is 3.03. The maximum atomic E-state index is 9.10. The number of hydrogen-bond donors (Lipinski definition) is 1. The fraction of sp³-hybridized carbons (Fsp3) is 0.562. The molecule has 2 N–H and O–H groups in total. The van der Waals surface area contributed by atoms with Crippen molar-refractivity contribution in [3.05, 3.63) is 22.7 Å². The third kappa shape index (κ3) is 3.88. The second-order valence-electron chi connectivity index (χ2n) is 5.87. The molecule has 1 aromatic carbocycles. The highest BCUT2D eigenvalue weighted by Crippen LogP contribution is 2.33. The monoisotopic (exact) mass is 336 g/mol. The molecule has 6 nitrogen and oxygen atoms in total. The number of benzene rings is 1. The standard InChI is InChI=1S/C16H21ClN4O2/c17-16-14(19)7-12(9-18)8-15(16)21-3-1-20(2-4-21)10-13-11-22-5-6-23-13/h7-8,13H,1-6,10-11,19H2. The van der Waals surface area contributed by atoms with Crippen LogP contribution in [0.1, 0.15) is 5.56 Å². The van der Waals surface area contributed by atoms with E-state index < -0.39 is 0 Å². The van der Waals surface area contributed by atoms with Crippen LogP contribution in [0.5, 0.6) is 0 Å². The van der Waals surface area contributed by atoms with Crippen molar-refractivity contribution in [2.45, 2.75) is 6.10 Å². The fourth-order valence-corrected chi connectivity index (χ4v) is 3.26. The summed E-state index contributed by atoms with van der Waals surface area (Å²) >= 11 is 6.32. The zero-order valence-corrected chi connectivity index (χ0v) is 13.8. The zero-order valence-electron chi connectivity index (χ0n) is 13.0. The van der Waals surface area contributed by atoms with Crippen molar-refractivity contribution in [1.82, 2.24) is 4.90 Å². The molecule has 0 aliphatic carbocycles. The molecule has 2 heterocycles. The molecule has 2 aliphatic heterocycles. The number of nitrogens with two attached hydrogens (primary N) is 1. The lowest BCUT2D eigenvalue weighted by Gasteiger charge is -2.38. The summed E-state index contributed by atoms with van der Waals surface area (Å²) in [6, 6.07) is 5.56. The summed E-state index contributed by atoms with van der Waals surface area (Å²) < 4.78 is 11.1. The first-order chi connectivity index (χ1) is 11.2. The Kier molecular flexibility index (Phi) is 5.23. The van der Waals surface area contributed by atoms with Crippen molar-refractivity contribution in [1.29, 1.82) is 5.26 Å². The van der Waals surface area contributed by atoms with E-state index in [2.05, 4.69) is 15.9 Å². The predicted octanol–water partition coefficient (Wildman–Crippen LogP) is 1.33. The Morgan fingerprint density at radius 3 is 2.70 bits per heavy atom. The molecule has 1 aromatic rings. The van der Waals surface area contributed by atoms with Gasteiger partial charge in [-0.25, -0.2) is 0 Å². The number of nitrogens with zero attached hydrogens (tertiary/aromatic N) is 3. The largest absolute Gasteiger partial charge is 0.397 e. The Hall–Kier alpha value is -1.52. The summed E-state index contributed by atoms with van der Waals surface area (Å²) in [7, 11) is 0. The minimum atomic E-state index is 0.163. The molecule has 1 atom stereocenters. The molecule has 23 heavy (non-hydrogen) atoms. The predicted molar refractivity (Wildman–Crippen MR) is 89.8 cm³/mol. The lowest BCUT2D eigenvalue weighted by atomic mass is 10.1. The van der Waals surface area contributed by atoms with Crippen LogP contribution in [0.25, 0.3) is 0 Å². The van der Waals surface area contributed by atoms with Crippen molar-refractivity contribution in [2.24, 2.45) is 0 Å². The summed E-state index contributed by atoms with van der Waals surface area (Å²) in [5, 5.41) is 9.63. The second-order valence-corrected chi connectivity index (χ2v) is 6.24. The van der Waals surface area contributed by atoms with Gasteiger partial charge in [-0.1, -0.05) is 11.6 Å². The molecule has 0 bridgehead atoms. The van der Waals surface area contributed by atoms with Crippen LogP contribution in [0.3, 0.4) is 0 Å². The average Bonchev–Trinajstić information content (AvgIpc) is 2.59. The van der Waals surface area contributed by atoms with Gasteiger partial charge in [-0.2, -0.15) is 5.26 Å². The Morgan fingerprint density at radius 2 is 2.04 bits per heavy atom. The average molecular weight is 337 g/mol. The third-order valence-corrected chi connectivity index (χ3v) is 4.68. The summed E-state index contributed by atoms with van der Waals surface area (Å²) in [5.41, 5.74) is 7.74. The normalized spacial score (nSPS) is 22.8. The highest BCUT2D eigenvalue weighted by atomic mass is 35.5. The molecule has 124 valence electrons. The van der Waals surface area contributed by atoms with E-state index in [9.17, 15) is 0 Å². The van der Waals surface area contributed by atoms with E-state index in [-0.39, 0.29) is 6.10 Å². The molecule has 3 rings (SSSR count). The second kappa shape index (κ2) is 7.37. The van der Waals surface area contributed by atoms with Gasteiger partial charge in [0.1, 0.15) is 0 Å². The lowest BCUT2D eigenvalue weighted by molar-refractivity contribution is -0.0977. The minimum Gasteiger partial charge on any atom is -0.397 e. The van der Waals surface area contributed by atoms with Crippen LogP contribution in [-0.4, -0.2) is 63.5 Å². The molecular formula is C16H21ClN4O2. The van der Waals surface area contributed by atoms with Gasteiger partial charge in [0.25, 0.3) is 0 Å². The number of piperazine rings is 1. The van der Waals surface area contributed by atoms with Crippen molar-refractivity contribution in [3.8, 4) is 6.07 Å². The number of ether oxygens (including phenoxy) is 2. The van der Waals surface area contributed by atoms with Gasteiger partial charge in [0.05, 0.1) is 54.0 Å². The van der Waals surface area contributed by atoms with Gasteiger partial charge in [0.2, 0.25) is 0 Å². The van der Waals surface area contributed by atoms with E-state index in [0.29, 0.717) is 36.1 Å². The number of hydrogen-bond acceptors (Lipinski definition) is 6. The van der Waals surface area contributed by atoms with Gasteiger partial charge < -0.3 is 20.1 Å². The maximum Gasteiger partial charge on any atom is 0.0993 e. The van der Waals surface area contributed by atoms with Crippen LogP contribution in [-0.2, 0) is 9.47 Å². The smallest absolute Gasteiger partial charge is 0.0993 e. The van der Waals surface area contributed by atoms with Crippen LogP contribution >= 0.6 is 11.6 Å². The number of nitrogen functional groups attached to an aromatic ring is 1. The van der Waals surface area contributed by atoms with Crippen LogP contribution in [0.4, 0.5) is 11.4 Å². The van der Waals surface area contributed by atoms with E-state index >= 15 is 0 Å². The first-order valence-corrected chi connectivity index (χ1v) is 8.21. The number of halogens is 1. The number of nitriles is 1. The van der Waals surface area contributed by atoms with Crippen LogP contribution < -0.4 is 10.6 Å². The van der Waals surface area contributed by atoms with E-state index in [1.54, 1.807) is 6.07 Å². The molecule has 2 saturated heterocycles. The van der Waals surface area contributed by atoms with Crippen molar-refractivity contribution < 1.29 is 9.47 Å². The van der Waals surface area contributed by atoms with Gasteiger partial charge >= 0.3 is 0 Å². The molecule has 0 spiro atoms. The van der Waals surface area contributed by atoms with Crippen molar-refractivity contribution >= 4 is 23.0 Å². The zero-order chi connectivity index (χ0) is 16.2. The molecule has 0 saturated carbocycles. The first kappa shape index (κ1) is 16.3. The van der Waals surface area contributed by atoms with E-state index in [0.717, 1.165) is 38.4 Å². The van der Waals surface area contributed by atoms with Gasteiger partial charge in [0.15, 0.2) is 0 Å². The highest BCUT2D eigenvalue weighted by molar-refractivity contribution is 6.35. The molecule has 1 unspecified atom stereocenters. The maximum absolute atomic E-state index is 9.10. The first-order valence-electron chi connectivity index (χ1n) is 7.83. The molecule has 2 aliphatic rings. The van der Waals surface area contributed by atoms with Crippen LogP contribution in [0, 0.1) is 11.3 Å². The minimum absolute atomic E-state index is 0.163. The van der Waals surface area contributed by atoms with Crippen LogP contribution in [0.2, 0.25) is 5.02 Å². The number of rotatable bonds is 3. The molecule has 7 heteroatoms. The SMILES string of the molecule is N#Cc1cc(N)c(Cl)c(N2CCN(CC3COCCO3)CC2)c1. The molecule has 0 amide bonds. The summed E-state index contributed by atoms with van der Waals surface area (Å²) in [6.07, 6.45) is 0.163. The van der Waals surface area contributed by atoms with E-state index in [4.69, 9.17) is 32.1 Å². The summed E-state index contributed by atoms with van der Waals surface area (Å²) in [4.78, 5) is 4.56. The Balaban J connectivity index is 1.60. The highest BCUT2D eigenvalue weighted by Gasteiger charge is 2.24. The number of anilines is 2. The van der Waals surface area contributed by atoms with Crippen LogP contribution in [0.15, 0.2) is 12.1 Å². The van der Waals surface area contributed by atoms with E-state index in [1.165, 1.54) is 0 Å². The van der Waals surface area contributed by atoms with Crippen molar-refractivity contribution in [3.63, 3.8) is 0 Å². The summed E-state index contributed by atoms with van der Waals surface area (Å²) in [5.74, 6) is 0. The summed E-state index contributed by atoms with van der Waals surface area (Å²) in [6.45, 7) is 6.48. The molecular weight excluding hydrogens is 316 g/mol. The topological polar surface area (TPSA) is 74.8 Å². The Morgan fingerprint density at radius 1 is 1.26 bits per heavy atom. The van der Waals surface area contributed by atoms with Gasteiger partial charge in [-0.3, -0.25) is 4.90 Å². The van der Waals surface area contributed by atoms with Gasteiger partial charge in [-0.15, -0.1) is 0 Å². The van der Waals surface area contributed by atoms with E-state index in [1.807, 2.05) is 6.07 Å². The molecule has 0 radical (unpaired) electrons. The third-order valence-electron chi connectivity index (χ3n) is 4.27. The van der Waals surface area contributed by atoms with Crippen molar-refractivity contribution in [2.75, 3.05) is 63.2 Å².